The lowest BCUT2D eigenvalue weighted by Gasteiger charge is -2.08. The predicted octanol–water partition coefficient (Wildman–Crippen LogP) is 3.49. The van der Waals surface area contributed by atoms with Crippen molar-refractivity contribution in [2.45, 2.75) is 44.9 Å². The van der Waals surface area contributed by atoms with E-state index in [1.54, 1.807) is 5.57 Å². The summed E-state index contributed by atoms with van der Waals surface area (Å²) >= 11 is 0. The number of rotatable bonds is 1. The van der Waals surface area contributed by atoms with Crippen molar-refractivity contribution in [2.24, 2.45) is 0 Å². The van der Waals surface area contributed by atoms with E-state index in [0.29, 0.717) is 0 Å². The maximum absolute atomic E-state index is 3.91. The van der Waals surface area contributed by atoms with Gasteiger partial charge in [0.15, 0.2) is 0 Å². The largest absolute Gasteiger partial charge is 0.0853 e. The zero-order valence-corrected chi connectivity index (χ0v) is 6.73. The maximum Gasteiger partial charge on any atom is -0.0320 e. The van der Waals surface area contributed by atoms with Gasteiger partial charge in [-0.05, 0) is 39.0 Å². The quantitative estimate of drug-likeness (QED) is 0.485. The average molecular weight is 137 g/mol. The lowest BCUT2D eigenvalue weighted by molar-refractivity contribution is 0.620. The van der Waals surface area contributed by atoms with Crippen molar-refractivity contribution in [2.75, 3.05) is 0 Å². The van der Waals surface area contributed by atoms with Gasteiger partial charge in [-0.15, -0.1) is 0 Å². The van der Waals surface area contributed by atoms with Gasteiger partial charge in [0.2, 0.25) is 0 Å². The molecule has 0 fully saturated rings. The molecule has 10 heavy (non-hydrogen) atoms. The van der Waals surface area contributed by atoms with E-state index in [0.717, 1.165) is 6.42 Å². The van der Waals surface area contributed by atoms with E-state index in [2.05, 4.69) is 13.0 Å². The van der Waals surface area contributed by atoms with Crippen molar-refractivity contribution in [3.05, 3.63) is 18.6 Å². The van der Waals surface area contributed by atoms with E-state index < -0.39 is 0 Å². The molecule has 0 amide bonds. The standard InChI is InChI=1S/C10H17/c1-2-10-8-6-4-3-5-7-9-10/h8H,1-7,9H2. The summed E-state index contributed by atoms with van der Waals surface area (Å²) in [6.45, 7) is 3.91. The Balaban J connectivity index is 2.35. The molecule has 0 spiro atoms. The first-order valence-corrected chi connectivity index (χ1v) is 4.40. The van der Waals surface area contributed by atoms with E-state index in [9.17, 15) is 0 Å². The molecule has 0 aromatic carbocycles. The van der Waals surface area contributed by atoms with Gasteiger partial charge in [-0.3, -0.25) is 0 Å². The summed E-state index contributed by atoms with van der Waals surface area (Å²) in [4.78, 5) is 0. The minimum atomic E-state index is 1.03. The van der Waals surface area contributed by atoms with E-state index in [4.69, 9.17) is 0 Å². The second-order valence-corrected chi connectivity index (χ2v) is 3.07. The molecule has 1 aliphatic carbocycles. The van der Waals surface area contributed by atoms with Crippen LogP contribution in [0.1, 0.15) is 44.9 Å². The van der Waals surface area contributed by atoms with Gasteiger partial charge in [0.05, 0.1) is 0 Å². The Hall–Kier alpha value is -0.260. The first kappa shape index (κ1) is 7.84. The molecule has 0 bridgehead atoms. The van der Waals surface area contributed by atoms with Gasteiger partial charge in [0, 0.05) is 0 Å². The molecule has 57 valence electrons. The second-order valence-electron chi connectivity index (χ2n) is 3.07. The zero-order chi connectivity index (χ0) is 7.23. The highest BCUT2D eigenvalue weighted by Gasteiger charge is 1.98. The fraction of sp³-hybridized carbons (Fsp3) is 0.700. The fourth-order valence-corrected chi connectivity index (χ4v) is 1.49. The number of hydrogen-bond donors (Lipinski definition) is 0. The Bertz CT molecular complexity index is 111. The van der Waals surface area contributed by atoms with E-state index >= 15 is 0 Å². The van der Waals surface area contributed by atoms with Gasteiger partial charge < -0.3 is 0 Å². The van der Waals surface area contributed by atoms with Crippen LogP contribution in [0.3, 0.4) is 0 Å². The number of hydrogen-bond acceptors (Lipinski definition) is 0. The highest BCUT2D eigenvalue weighted by Crippen LogP contribution is 2.18. The summed E-state index contributed by atoms with van der Waals surface area (Å²) in [5.41, 5.74) is 1.58. The van der Waals surface area contributed by atoms with Crippen LogP contribution in [0.2, 0.25) is 0 Å². The SMILES string of the molecule is [CH2]CC1=CCCCCCC1. The van der Waals surface area contributed by atoms with Gasteiger partial charge in [-0.1, -0.05) is 24.5 Å². The zero-order valence-electron chi connectivity index (χ0n) is 6.73. The van der Waals surface area contributed by atoms with Crippen molar-refractivity contribution in [1.29, 1.82) is 0 Å². The Morgan fingerprint density at radius 2 is 2.00 bits per heavy atom. The molecule has 0 unspecified atom stereocenters. The van der Waals surface area contributed by atoms with Gasteiger partial charge in [-0.25, -0.2) is 0 Å². The minimum absolute atomic E-state index is 1.03. The summed E-state index contributed by atoms with van der Waals surface area (Å²) in [5, 5.41) is 0. The van der Waals surface area contributed by atoms with Crippen molar-refractivity contribution in [3.63, 3.8) is 0 Å². The molecule has 0 N–H and O–H groups in total. The van der Waals surface area contributed by atoms with Gasteiger partial charge in [0.25, 0.3) is 0 Å². The van der Waals surface area contributed by atoms with Crippen molar-refractivity contribution in [3.8, 4) is 0 Å². The van der Waals surface area contributed by atoms with E-state index in [1.165, 1.54) is 38.5 Å². The first-order valence-electron chi connectivity index (χ1n) is 4.40. The van der Waals surface area contributed by atoms with E-state index in [-0.39, 0.29) is 0 Å². The average Bonchev–Trinajstić information content (AvgIpc) is 1.87. The molecule has 1 aliphatic rings. The molecule has 0 aromatic heterocycles. The summed E-state index contributed by atoms with van der Waals surface area (Å²) in [5.74, 6) is 0. The highest BCUT2D eigenvalue weighted by molar-refractivity contribution is 5.03. The molecule has 0 nitrogen and oxygen atoms in total. The van der Waals surface area contributed by atoms with E-state index in [1.807, 2.05) is 0 Å². The van der Waals surface area contributed by atoms with Crippen molar-refractivity contribution in [1.82, 2.24) is 0 Å². The first-order chi connectivity index (χ1) is 4.93. The second kappa shape index (κ2) is 4.54. The fourth-order valence-electron chi connectivity index (χ4n) is 1.49. The Kier molecular flexibility index (Phi) is 3.56. The summed E-state index contributed by atoms with van der Waals surface area (Å²) in [7, 11) is 0. The van der Waals surface area contributed by atoms with Gasteiger partial charge >= 0.3 is 0 Å². The summed E-state index contributed by atoms with van der Waals surface area (Å²) < 4.78 is 0. The molecular weight excluding hydrogens is 120 g/mol. The number of allylic oxidation sites excluding steroid dienone is 2. The van der Waals surface area contributed by atoms with Crippen LogP contribution < -0.4 is 0 Å². The minimum Gasteiger partial charge on any atom is -0.0853 e. The molecule has 0 aromatic rings. The highest BCUT2D eigenvalue weighted by atomic mass is 14.0. The Morgan fingerprint density at radius 1 is 1.20 bits per heavy atom. The monoisotopic (exact) mass is 137 g/mol. The van der Waals surface area contributed by atoms with Gasteiger partial charge in [0.1, 0.15) is 0 Å². The van der Waals surface area contributed by atoms with Crippen LogP contribution in [0.5, 0.6) is 0 Å². The van der Waals surface area contributed by atoms with Crippen LogP contribution in [-0.2, 0) is 0 Å². The lowest BCUT2D eigenvalue weighted by atomic mass is 9.99. The molecule has 1 radical (unpaired) electrons. The third-order valence-corrected chi connectivity index (χ3v) is 2.21. The summed E-state index contributed by atoms with van der Waals surface area (Å²) in [6, 6.07) is 0. The normalized spacial score (nSPS) is 21.1. The van der Waals surface area contributed by atoms with Crippen LogP contribution in [0, 0.1) is 6.92 Å². The molecular formula is C10H17. The molecule has 1 rings (SSSR count). The third-order valence-electron chi connectivity index (χ3n) is 2.21. The Morgan fingerprint density at radius 3 is 2.80 bits per heavy atom. The van der Waals surface area contributed by atoms with Crippen molar-refractivity contribution < 1.29 is 0 Å². The third kappa shape index (κ3) is 2.55. The van der Waals surface area contributed by atoms with Crippen LogP contribution in [0.4, 0.5) is 0 Å². The van der Waals surface area contributed by atoms with Crippen LogP contribution in [0.15, 0.2) is 11.6 Å². The lowest BCUT2D eigenvalue weighted by Crippen LogP contribution is -1.88. The Labute approximate surface area is 64.3 Å². The molecule has 0 saturated heterocycles. The van der Waals surface area contributed by atoms with Crippen LogP contribution in [0.25, 0.3) is 0 Å². The molecule has 0 aliphatic heterocycles. The van der Waals surface area contributed by atoms with Crippen LogP contribution in [-0.4, -0.2) is 0 Å². The summed E-state index contributed by atoms with van der Waals surface area (Å²) in [6.07, 6.45) is 11.7. The smallest absolute Gasteiger partial charge is 0.0320 e. The van der Waals surface area contributed by atoms with Gasteiger partial charge in [-0.2, -0.15) is 0 Å². The topological polar surface area (TPSA) is 0 Å². The van der Waals surface area contributed by atoms with Crippen LogP contribution >= 0.6 is 0 Å². The predicted molar refractivity (Wildman–Crippen MR) is 45.8 cm³/mol. The molecule has 0 heterocycles. The molecule has 0 heteroatoms. The van der Waals surface area contributed by atoms with Crippen molar-refractivity contribution >= 4 is 0 Å². The molecule has 0 atom stereocenters. The maximum atomic E-state index is 3.91. The molecule has 0 saturated carbocycles.